The second kappa shape index (κ2) is 6.55. The molecule has 0 unspecified atom stereocenters. The van der Waals surface area contributed by atoms with Gasteiger partial charge in [-0.1, -0.05) is 19.1 Å². The van der Waals surface area contributed by atoms with Gasteiger partial charge in [0.25, 0.3) is 10.0 Å². The van der Waals surface area contributed by atoms with Gasteiger partial charge < -0.3 is 5.32 Å². The zero-order valence-electron chi connectivity index (χ0n) is 11.8. The van der Waals surface area contributed by atoms with Gasteiger partial charge in [-0.3, -0.25) is 4.72 Å². The number of rotatable bonds is 6. The molecule has 0 bridgehead atoms. The fourth-order valence-corrected chi connectivity index (χ4v) is 4.80. The maximum atomic E-state index is 13.6. The van der Waals surface area contributed by atoms with Gasteiger partial charge in [-0.2, -0.15) is 0 Å². The molecule has 4 nitrogen and oxygen atoms in total. The zero-order valence-corrected chi connectivity index (χ0v) is 13.4. The summed E-state index contributed by atoms with van der Waals surface area (Å²) in [6, 6.07) is 5.72. The first kappa shape index (κ1) is 15.9. The molecule has 0 amide bonds. The van der Waals surface area contributed by atoms with Crippen LogP contribution in [0.25, 0.3) is 0 Å². The van der Waals surface area contributed by atoms with Crippen molar-refractivity contribution < 1.29 is 12.8 Å². The highest BCUT2D eigenvalue weighted by Gasteiger charge is 2.23. The molecule has 21 heavy (non-hydrogen) atoms. The van der Waals surface area contributed by atoms with Crippen molar-refractivity contribution in [1.82, 2.24) is 5.32 Å². The minimum atomic E-state index is -3.80. The highest BCUT2D eigenvalue weighted by atomic mass is 32.2. The summed E-state index contributed by atoms with van der Waals surface area (Å²) in [5.41, 5.74) is 0.620. The minimum Gasteiger partial charge on any atom is -0.312 e. The van der Waals surface area contributed by atoms with Crippen molar-refractivity contribution in [2.75, 3.05) is 11.3 Å². The summed E-state index contributed by atoms with van der Waals surface area (Å²) in [4.78, 5) is 0.954. The number of anilines is 1. The first-order valence-corrected chi connectivity index (χ1v) is 8.87. The van der Waals surface area contributed by atoms with Crippen molar-refractivity contribution in [2.24, 2.45) is 0 Å². The minimum absolute atomic E-state index is 0.0440. The van der Waals surface area contributed by atoms with Gasteiger partial charge in [-0.15, -0.1) is 11.3 Å². The van der Waals surface area contributed by atoms with E-state index in [1.165, 1.54) is 29.5 Å². The summed E-state index contributed by atoms with van der Waals surface area (Å²) >= 11 is 1.38. The monoisotopic (exact) mass is 328 g/mol. The summed E-state index contributed by atoms with van der Waals surface area (Å²) < 4.78 is 41.0. The fraction of sp³-hybridized carbons (Fsp3) is 0.286. The molecule has 0 aliphatic heterocycles. The summed E-state index contributed by atoms with van der Waals surface area (Å²) in [6.45, 7) is 4.91. The van der Waals surface area contributed by atoms with Gasteiger partial charge in [-0.05, 0) is 36.5 Å². The number of benzene rings is 1. The Labute approximate surface area is 128 Å². The Morgan fingerprint density at radius 2 is 2.00 bits per heavy atom. The van der Waals surface area contributed by atoms with Crippen molar-refractivity contribution in [3.63, 3.8) is 0 Å². The third-order valence-electron chi connectivity index (χ3n) is 2.91. The molecule has 0 spiro atoms. The number of hydrogen-bond donors (Lipinski definition) is 2. The normalized spacial score (nSPS) is 11.6. The highest BCUT2D eigenvalue weighted by molar-refractivity contribution is 7.93. The third-order valence-corrected chi connectivity index (χ3v) is 5.74. The molecule has 0 saturated carbocycles. The molecule has 0 saturated heterocycles. The van der Waals surface area contributed by atoms with Crippen molar-refractivity contribution in [2.45, 2.75) is 25.3 Å². The topological polar surface area (TPSA) is 58.2 Å². The van der Waals surface area contributed by atoms with E-state index in [9.17, 15) is 12.8 Å². The molecule has 2 aromatic rings. The quantitative estimate of drug-likeness (QED) is 0.856. The van der Waals surface area contributed by atoms with Crippen molar-refractivity contribution >= 4 is 27.0 Å². The first-order valence-electron chi connectivity index (χ1n) is 6.50. The fourth-order valence-electron chi connectivity index (χ4n) is 1.95. The van der Waals surface area contributed by atoms with Crippen LogP contribution in [0, 0.1) is 12.7 Å². The van der Waals surface area contributed by atoms with Gasteiger partial charge in [0.2, 0.25) is 0 Å². The van der Waals surface area contributed by atoms with Gasteiger partial charge in [0.05, 0.1) is 5.69 Å². The van der Waals surface area contributed by atoms with Crippen LogP contribution in [0.15, 0.2) is 34.5 Å². The van der Waals surface area contributed by atoms with Crippen LogP contribution >= 0.6 is 11.3 Å². The Bertz CT molecular complexity index is 726. The lowest BCUT2D eigenvalue weighted by Gasteiger charge is -2.11. The Kier molecular flexibility index (Phi) is 4.97. The Morgan fingerprint density at radius 1 is 1.29 bits per heavy atom. The smallest absolute Gasteiger partial charge is 0.263 e. The molecule has 114 valence electrons. The number of nitrogens with one attached hydrogen (secondary N) is 2. The van der Waals surface area contributed by atoms with Crippen molar-refractivity contribution in [3.05, 3.63) is 45.9 Å². The van der Waals surface area contributed by atoms with Crippen LogP contribution in [-0.4, -0.2) is 15.0 Å². The highest BCUT2D eigenvalue weighted by Crippen LogP contribution is 2.29. The molecule has 1 aromatic carbocycles. The lowest BCUT2D eigenvalue weighted by molar-refractivity contribution is 0.596. The third kappa shape index (κ3) is 3.61. The number of aryl methyl sites for hydroxylation is 1. The standard InChI is InChI=1S/C14H17FN2O2S2/c1-3-16-8-13-14(10(2)9-20-13)21(18,19)17-12-7-5-4-6-11(12)15/h4-7,9,16-17H,3,8H2,1-2H3. The van der Waals surface area contributed by atoms with Crippen LogP contribution in [0.4, 0.5) is 10.1 Å². The Balaban J connectivity index is 2.36. The van der Waals surface area contributed by atoms with Crippen LogP contribution in [0.2, 0.25) is 0 Å². The van der Waals surface area contributed by atoms with E-state index in [1.54, 1.807) is 18.4 Å². The predicted molar refractivity (Wildman–Crippen MR) is 83.6 cm³/mol. The molecule has 1 heterocycles. The van der Waals surface area contributed by atoms with E-state index in [4.69, 9.17) is 0 Å². The van der Waals surface area contributed by atoms with E-state index in [1.807, 2.05) is 6.92 Å². The largest absolute Gasteiger partial charge is 0.312 e. The van der Waals surface area contributed by atoms with E-state index in [-0.39, 0.29) is 10.6 Å². The first-order chi connectivity index (χ1) is 9.95. The Morgan fingerprint density at radius 3 is 2.67 bits per heavy atom. The second-order valence-corrected chi connectivity index (χ2v) is 7.12. The second-order valence-electron chi connectivity index (χ2n) is 4.54. The molecule has 0 fully saturated rings. The lowest BCUT2D eigenvalue weighted by Crippen LogP contribution is -2.18. The van der Waals surface area contributed by atoms with E-state index in [2.05, 4.69) is 10.0 Å². The molecule has 2 N–H and O–H groups in total. The molecule has 0 aliphatic carbocycles. The summed E-state index contributed by atoms with van der Waals surface area (Å²) in [7, 11) is -3.80. The van der Waals surface area contributed by atoms with Gasteiger partial charge in [0.1, 0.15) is 10.7 Å². The number of sulfonamides is 1. The number of halogens is 1. The van der Waals surface area contributed by atoms with Gasteiger partial charge in [0, 0.05) is 11.4 Å². The van der Waals surface area contributed by atoms with Crippen molar-refractivity contribution in [3.8, 4) is 0 Å². The van der Waals surface area contributed by atoms with Gasteiger partial charge >= 0.3 is 0 Å². The van der Waals surface area contributed by atoms with E-state index in [0.717, 1.165) is 11.4 Å². The number of hydrogen-bond acceptors (Lipinski definition) is 4. The molecule has 0 atom stereocenters. The maximum Gasteiger partial charge on any atom is 0.263 e. The average molecular weight is 328 g/mol. The molecule has 7 heteroatoms. The molecular formula is C14H17FN2O2S2. The predicted octanol–water partition coefficient (Wildman–Crippen LogP) is 3.11. The lowest BCUT2D eigenvalue weighted by atomic mass is 10.3. The van der Waals surface area contributed by atoms with Crippen LogP contribution in [-0.2, 0) is 16.6 Å². The van der Waals surface area contributed by atoms with Gasteiger partial charge in [-0.25, -0.2) is 12.8 Å². The summed E-state index contributed by atoms with van der Waals surface area (Å²) in [5, 5.41) is 4.90. The number of para-hydroxylation sites is 1. The zero-order chi connectivity index (χ0) is 15.5. The summed E-state index contributed by atoms with van der Waals surface area (Å²) in [5.74, 6) is -0.595. The van der Waals surface area contributed by atoms with Crippen LogP contribution < -0.4 is 10.0 Å². The van der Waals surface area contributed by atoms with Crippen LogP contribution in [0.3, 0.4) is 0 Å². The van der Waals surface area contributed by atoms with Gasteiger partial charge in [0.15, 0.2) is 0 Å². The average Bonchev–Trinajstić information content (AvgIpc) is 2.81. The van der Waals surface area contributed by atoms with E-state index in [0.29, 0.717) is 12.1 Å². The molecule has 0 radical (unpaired) electrons. The van der Waals surface area contributed by atoms with E-state index >= 15 is 0 Å². The Hall–Kier alpha value is -1.44. The molecule has 2 rings (SSSR count). The van der Waals surface area contributed by atoms with Crippen molar-refractivity contribution in [1.29, 1.82) is 0 Å². The molecule has 0 aliphatic rings. The SMILES string of the molecule is CCNCc1scc(C)c1S(=O)(=O)Nc1ccccc1F. The van der Waals surface area contributed by atoms with Crippen LogP contribution in [0.1, 0.15) is 17.4 Å². The van der Waals surface area contributed by atoms with E-state index < -0.39 is 15.8 Å². The molecule has 1 aromatic heterocycles. The molecular weight excluding hydrogens is 311 g/mol. The number of thiophene rings is 1. The maximum absolute atomic E-state index is 13.6. The summed E-state index contributed by atoms with van der Waals surface area (Å²) in [6.07, 6.45) is 0. The van der Waals surface area contributed by atoms with Crippen LogP contribution in [0.5, 0.6) is 0 Å².